The summed E-state index contributed by atoms with van der Waals surface area (Å²) < 4.78 is 0. The first-order valence-electron chi connectivity index (χ1n) is 4.94. The number of nitrogens with one attached hydrogen (secondary N) is 1. The lowest BCUT2D eigenvalue weighted by Gasteiger charge is -2.15. The second kappa shape index (κ2) is 5.79. The van der Waals surface area contributed by atoms with Crippen LogP contribution in [-0.2, 0) is 4.79 Å². The van der Waals surface area contributed by atoms with E-state index in [1.165, 1.54) is 12.8 Å². The third-order valence-electron chi connectivity index (χ3n) is 1.74. The highest BCUT2D eigenvalue weighted by atomic mass is 16.2. The number of rotatable bonds is 4. The molecular formula is C11H21NO. The highest BCUT2D eigenvalue weighted by Gasteiger charge is 2.19. The Kier molecular flexibility index (Phi) is 5.44. The SMILES string of the molecule is CCCCC=CNC(=O)C(C)(C)C. The fraction of sp³-hybridized carbons (Fsp3) is 0.727. The van der Waals surface area contributed by atoms with E-state index in [1.807, 2.05) is 26.8 Å². The van der Waals surface area contributed by atoms with Crippen molar-refractivity contribution in [2.45, 2.75) is 47.0 Å². The largest absolute Gasteiger partial charge is 0.333 e. The molecule has 0 spiro atoms. The molecule has 0 unspecified atom stereocenters. The normalized spacial score (nSPS) is 12.0. The number of unbranched alkanes of at least 4 members (excludes halogenated alkanes) is 2. The summed E-state index contributed by atoms with van der Waals surface area (Å²) in [6, 6.07) is 0. The molecule has 0 bridgehead atoms. The number of allylic oxidation sites excluding steroid dienone is 1. The second-order valence-corrected chi connectivity index (χ2v) is 4.27. The lowest BCUT2D eigenvalue weighted by Crippen LogP contribution is -2.31. The van der Waals surface area contributed by atoms with Gasteiger partial charge in [0.25, 0.3) is 0 Å². The highest BCUT2D eigenvalue weighted by molar-refractivity contribution is 5.82. The van der Waals surface area contributed by atoms with E-state index in [9.17, 15) is 4.79 Å². The average Bonchev–Trinajstić information content (AvgIpc) is 2.02. The van der Waals surface area contributed by atoms with E-state index >= 15 is 0 Å². The number of hydrogen-bond donors (Lipinski definition) is 1. The van der Waals surface area contributed by atoms with E-state index in [0.717, 1.165) is 6.42 Å². The first-order valence-corrected chi connectivity index (χ1v) is 4.94. The second-order valence-electron chi connectivity index (χ2n) is 4.27. The van der Waals surface area contributed by atoms with Gasteiger partial charge in [0.15, 0.2) is 0 Å². The topological polar surface area (TPSA) is 29.1 Å². The van der Waals surface area contributed by atoms with Gasteiger partial charge in [-0.2, -0.15) is 0 Å². The van der Waals surface area contributed by atoms with E-state index in [2.05, 4.69) is 12.2 Å². The highest BCUT2D eigenvalue weighted by Crippen LogP contribution is 2.12. The van der Waals surface area contributed by atoms with Gasteiger partial charge in [0.1, 0.15) is 0 Å². The molecule has 0 aliphatic heterocycles. The van der Waals surface area contributed by atoms with Crippen molar-refractivity contribution in [1.29, 1.82) is 0 Å². The van der Waals surface area contributed by atoms with Crippen LogP contribution in [0.25, 0.3) is 0 Å². The van der Waals surface area contributed by atoms with Crippen LogP contribution < -0.4 is 5.32 Å². The third-order valence-corrected chi connectivity index (χ3v) is 1.74. The Morgan fingerprint density at radius 3 is 2.46 bits per heavy atom. The molecule has 1 amide bonds. The van der Waals surface area contributed by atoms with Gasteiger partial charge in [0.2, 0.25) is 5.91 Å². The summed E-state index contributed by atoms with van der Waals surface area (Å²) in [7, 11) is 0. The van der Waals surface area contributed by atoms with Crippen LogP contribution in [0.1, 0.15) is 47.0 Å². The zero-order valence-electron chi connectivity index (χ0n) is 9.18. The predicted octanol–water partition coefficient (Wildman–Crippen LogP) is 2.85. The minimum Gasteiger partial charge on any atom is -0.333 e. The maximum Gasteiger partial charge on any atom is 0.229 e. The number of hydrogen-bond acceptors (Lipinski definition) is 1. The Hall–Kier alpha value is -0.790. The Morgan fingerprint density at radius 2 is 2.00 bits per heavy atom. The van der Waals surface area contributed by atoms with Crippen LogP contribution in [0, 0.1) is 5.41 Å². The summed E-state index contributed by atoms with van der Waals surface area (Å²) in [4.78, 5) is 11.3. The van der Waals surface area contributed by atoms with E-state index < -0.39 is 0 Å². The summed E-state index contributed by atoms with van der Waals surface area (Å²) >= 11 is 0. The van der Waals surface area contributed by atoms with Crippen molar-refractivity contribution in [1.82, 2.24) is 5.32 Å². The standard InChI is InChI=1S/C11H21NO/c1-5-6-7-8-9-12-10(13)11(2,3)4/h8-9H,5-7H2,1-4H3,(H,12,13). The molecule has 0 heterocycles. The van der Waals surface area contributed by atoms with Crippen molar-refractivity contribution in [2.24, 2.45) is 5.41 Å². The molecule has 2 heteroatoms. The van der Waals surface area contributed by atoms with Crippen LogP contribution in [0.2, 0.25) is 0 Å². The van der Waals surface area contributed by atoms with E-state index in [4.69, 9.17) is 0 Å². The molecule has 0 aromatic carbocycles. The lowest BCUT2D eigenvalue weighted by atomic mass is 9.96. The molecule has 0 saturated carbocycles. The van der Waals surface area contributed by atoms with Gasteiger partial charge in [-0.05, 0) is 12.6 Å². The van der Waals surface area contributed by atoms with Gasteiger partial charge >= 0.3 is 0 Å². The van der Waals surface area contributed by atoms with Crippen LogP contribution in [0.15, 0.2) is 12.3 Å². The number of amides is 1. The minimum absolute atomic E-state index is 0.0697. The zero-order valence-corrected chi connectivity index (χ0v) is 9.18. The molecule has 1 N–H and O–H groups in total. The first kappa shape index (κ1) is 12.2. The van der Waals surface area contributed by atoms with Crippen molar-refractivity contribution < 1.29 is 4.79 Å². The predicted molar refractivity (Wildman–Crippen MR) is 56.3 cm³/mol. The van der Waals surface area contributed by atoms with Gasteiger partial charge in [-0.25, -0.2) is 0 Å². The molecule has 0 aliphatic carbocycles. The molecule has 0 aromatic rings. The maximum absolute atomic E-state index is 11.3. The van der Waals surface area contributed by atoms with Crippen LogP contribution in [0.5, 0.6) is 0 Å². The molecule has 0 saturated heterocycles. The maximum atomic E-state index is 11.3. The first-order chi connectivity index (χ1) is 5.98. The molecule has 0 atom stereocenters. The average molecular weight is 183 g/mol. The minimum atomic E-state index is -0.297. The number of carbonyl (C=O) groups excluding carboxylic acids is 1. The van der Waals surface area contributed by atoms with Gasteiger partial charge in [-0.3, -0.25) is 4.79 Å². The Labute approximate surface area is 81.4 Å². The van der Waals surface area contributed by atoms with Crippen molar-refractivity contribution in [3.8, 4) is 0 Å². The summed E-state index contributed by atoms with van der Waals surface area (Å²) in [5.41, 5.74) is -0.297. The Bertz CT molecular complexity index is 177. The number of carbonyl (C=O) groups is 1. The van der Waals surface area contributed by atoms with Crippen LogP contribution in [0.4, 0.5) is 0 Å². The van der Waals surface area contributed by atoms with Gasteiger partial charge in [-0.1, -0.05) is 46.6 Å². The van der Waals surface area contributed by atoms with Crippen molar-refractivity contribution in [2.75, 3.05) is 0 Å². The summed E-state index contributed by atoms with van der Waals surface area (Å²) in [6.45, 7) is 7.87. The summed E-state index contributed by atoms with van der Waals surface area (Å²) in [6.07, 6.45) is 7.18. The van der Waals surface area contributed by atoms with E-state index in [0.29, 0.717) is 0 Å². The van der Waals surface area contributed by atoms with Gasteiger partial charge in [-0.15, -0.1) is 0 Å². The Balaban J connectivity index is 3.64. The van der Waals surface area contributed by atoms with Crippen molar-refractivity contribution >= 4 is 5.91 Å². The molecule has 13 heavy (non-hydrogen) atoms. The molecule has 76 valence electrons. The lowest BCUT2D eigenvalue weighted by molar-refractivity contribution is -0.127. The fourth-order valence-corrected chi connectivity index (χ4v) is 0.756. The molecule has 0 aliphatic rings. The van der Waals surface area contributed by atoms with E-state index in [-0.39, 0.29) is 11.3 Å². The summed E-state index contributed by atoms with van der Waals surface area (Å²) in [5.74, 6) is 0.0697. The Morgan fingerprint density at radius 1 is 1.38 bits per heavy atom. The van der Waals surface area contributed by atoms with Crippen LogP contribution >= 0.6 is 0 Å². The monoisotopic (exact) mass is 183 g/mol. The summed E-state index contributed by atoms with van der Waals surface area (Å²) in [5, 5.41) is 2.76. The molecule has 0 aromatic heterocycles. The third kappa shape index (κ3) is 6.38. The molecule has 0 rings (SSSR count). The van der Waals surface area contributed by atoms with Crippen molar-refractivity contribution in [3.05, 3.63) is 12.3 Å². The smallest absolute Gasteiger partial charge is 0.229 e. The zero-order chi connectivity index (χ0) is 10.3. The van der Waals surface area contributed by atoms with Crippen LogP contribution in [-0.4, -0.2) is 5.91 Å². The van der Waals surface area contributed by atoms with Gasteiger partial charge < -0.3 is 5.32 Å². The molecular weight excluding hydrogens is 162 g/mol. The van der Waals surface area contributed by atoms with Gasteiger partial charge in [0, 0.05) is 5.41 Å². The van der Waals surface area contributed by atoms with E-state index in [1.54, 1.807) is 6.20 Å². The van der Waals surface area contributed by atoms with Gasteiger partial charge in [0.05, 0.1) is 0 Å². The molecule has 2 nitrogen and oxygen atoms in total. The van der Waals surface area contributed by atoms with Crippen molar-refractivity contribution in [3.63, 3.8) is 0 Å². The quantitative estimate of drug-likeness (QED) is 0.667. The van der Waals surface area contributed by atoms with Crippen LogP contribution in [0.3, 0.4) is 0 Å². The fourth-order valence-electron chi connectivity index (χ4n) is 0.756. The molecule has 0 fully saturated rings. The molecule has 0 radical (unpaired) electrons.